The summed E-state index contributed by atoms with van der Waals surface area (Å²) in [5, 5.41) is 0. The lowest BCUT2D eigenvalue weighted by atomic mass is 10.4. The van der Waals surface area contributed by atoms with Crippen molar-refractivity contribution in [1.29, 1.82) is 0 Å². The van der Waals surface area contributed by atoms with Gasteiger partial charge < -0.3 is 30.0 Å². The van der Waals surface area contributed by atoms with Gasteiger partial charge in [-0.05, 0) is 117 Å². The molecule has 0 fully saturated rings. The molecule has 9 nitrogen and oxygen atoms in total. The first-order chi connectivity index (χ1) is 18.2. The highest BCUT2D eigenvalue weighted by atomic mass is 28.5. The van der Waals surface area contributed by atoms with E-state index in [4.69, 9.17) is 30.0 Å². The average molecular weight is 683 g/mol. The molecule has 0 aliphatic carbocycles. The molecule has 0 aromatic carbocycles. The minimum Gasteiger partial charge on any atom is -0.462 e. The van der Waals surface area contributed by atoms with Gasteiger partial charge in [-0.3, -0.25) is 0 Å². The summed E-state index contributed by atoms with van der Waals surface area (Å²) < 4.78 is 43.9. The van der Waals surface area contributed by atoms with E-state index in [9.17, 15) is 9.59 Å². The van der Waals surface area contributed by atoms with Crippen molar-refractivity contribution >= 4 is 62.8 Å². The fourth-order valence-corrected chi connectivity index (χ4v) is 34.8. The lowest BCUT2D eigenvalue weighted by Gasteiger charge is -2.43. The third-order valence-electron chi connectivity index (χ3n) is 5.38. The molecule has 0 heterocycles. The van der Waals surface area contributed by atoms with Gasteiger partial charge in [0.2, 0.25) is 0 Å². The second-order valence-corrected chi connectivity index (χ2v) is 37.1. The molecular formula is C26H58O9Si6. The average Bonchev–Trinajstić information content (AvgIpc) is 2.68. The van der Waals surface area contributed by atoms with Crippen LogP contribution in [-0.4, -0.2) is 76.0 Å². The van der Waals surface area contributed by atoms with Crippen LogP contribution in [-0.2, 0) is 39.6 Å². The summed E-state index contributed by atoms with van der Waals surface area (Å²) in [7, 11) is -14.4. The van der Waals surface area contributed by atoms with Crippen LogP contribution >= 0.6 is 0 Å². The zero-order valence-electron chi connectivity index (χ0n) is 28.3. The summed E-state index contributed by atoms with van der Waals surface area (Å²) in [6, 6.07) is 1.54. The maximum absolute atomic E-state index is 11.8. The minimum atomic E-state index is -2.66. The largest absolute Gasteiger partial charge is 0.462 e. The van der Waals surface area contributed by atoms with Crippen LogP contribution in [0.25, 0.3) is 0 Å². The number of esters is 2. The Hall–Kier alpha value is -0.479. The topological polar surface area (TPSA) is 98.8 Å². The number of hydrogen-bond acceptors (Lipinski definition) is 9. The van der Waals surface area contributed by atoms with Crippen LogP contribution in [0.15, 0.2) is 24.3 Å². The fraction of sp³-hybridized carbons (Fsp3) is 0.769. The van der Waals surface area contributed by atoms with Gasteiger partial charge in [0, 0.05) is 11.1 Å². The number of ether oxygens (including phenoxy) is 2. The second kappa shape index (κ2) is 16.0. The molecule has 41 heavy (non-hydrogen) atoms. The Labute approximate surface area is 256 Å². The first-order valence-corrected chi connectivity index (χ1v) is 31.8. The summed E-state index contributed by atoms with van der Waals surface area (Å²) in [6.07, 6.45) is 1.33. The zero-order valence-corrected chi connectivity index (χ0v) is 34.3. The van der Waals surface area contributed by atoms with Gasteiger partial charge in [0.25, 0.3) is 0 Å². The Bertz CT molecular complexity index is 880. The van der Waals surface area contributed by atoms with Crippen LogP contribution in [0.1, 0.15) is 26.7 Å². The van der Waals surface area contributed by atoms with Gasteiger partial charge in [0.05, 0.1) is 13.2 Å². The highest BCUT2D eigenvalue weighted by molar-refractivity contribution is 6.91. The molecule has 0 rings (SSSR count). The van der Waals surface area contributed by atoms with E-state index in [1.54, 1.807) is 13.8 Å². The Balaban J connectivity index is 5.50. The van der Waals surface area contributed by atoms with Crippen molar-refractivity contribution in [3.05, 3.63) is 24.3 Å². The van der Waals surface area contributed by atoms with E-state index in [0.717, 1.165) is 12.1 Å². The molecular weight excluding hydrogens is 625 g/mol. The molecule has 0 radical (unpaired) electrons. The molecule has 0 aliphatic heterocycles. The molecule has 0 atom stereocenters. The van der Waals surface area contributed by atoms with E-state index >= 15 is 0 Å². The van der Waals surface area contributed by atoms with Crippen LogP contribution < -0.4 is 0 Å². The highest BCUT2D eigenvalue weighted by Gasteiger charge is 2.47. The van der Waals surface area contributed by atoms with E-state index in [1.807, 2.05) is 13.1 Å². The normalized spacial score (nSPS) is 13.6. The molecule has 240 valence electrons. The Morgan fingerprint density at radius 3 is 1.10 bits per heavy atom. The summed E-state index contributed by atoms with van der Waals surface area (Å²) >= 11 is 0. The van der Waals surface area contributed by atoms with Gasteiger partial charge in [-0.15, -0.1) is 0 Å². The van der Waals surface area contributed by atoms with E-state index in [1.165, 1.54) is 0 Å². The van der Waals surface area contributed by atoms with Gasteiger partial charge in [-0.2, -0.15) is 0 Å². The summed E-state index contributed by atoms with van der Waals surface area (Å²) in [5.74, 6) is -0.779. The van der Waals surface area contributed by atoms with E-state index in [-0.39, 0.29) is 11.9 Å². The molecule has 15 heteroatoms. The smallest absolute Gasteiger partial charge is 0.333 e. The third-order valence-corrected chi connectivity index (χ3v) is 28.4. The second-order valence-electron chi connectivity index (χ2n) is 13.7. The van der Waals surface area contributed by atoms with Gasteiger partial charge in [-0.25, -0.2) is 9.59 Å². The Morgan fingerprint density at radius 2 is 0.805 bits per heavy atom. The molecule has 0 N–H and O–H groups in total. The number of carbonyl (C=O) groups excluding carboxylic acids is 2. The molecule has 0 amide bonds. The molecule has 0 saturated heterocycles. The predicted molar refractivity (Wildman–Crippen MR) is 181 cm³/mol. The Morgan fingerprint density at radius 1 is 0.512 bits per heavy atom. The molecule has 0 saturated carbocycles. The monoisotopic (exact) mass is 682 g/mol. The first-order valence-electron chi connectivity index (χ1n) is 14.3. The maximum Gasteiger partial charge on any atom is 0.333 e. The van der Waals surface area contributed by atoms with E-state index in [2.05, 4.69) is 78.6 Å². The SMILES string of the molecule is C=C(C)C(=O)OCCC[Si](C)(CCCOC(=O)C(=C)C)O[Si](C)(C)O[Si](C)(C)O[Si](C)(C)O[Si](C)(C)O[Si](C)(C)C. The number of carbonyl (C=O) groups is 2. The standard InChI is InChI=1S/C26H58O9Si6/c1-23(2)25(27)29-19-17-21-41(16,22-18-20-30-26(28)24(3)4)35-40(14,15)34-39(12,13)33-38(10,11)32-37(8,9)31-36(5,6)7/h1,3,17-22H2,2,4-16H3. The van der Waals surface area contributed by atoms with Crippen molar-refractivity contribution in [3.8, 4) is 0 Å². The number of hydrogen-bond donors (Lipinski definition) is 0. The van der Waals surface area contributed by atoms with Crippen LogP contribution in [0.5, 0.6) is 0 Å². The predicted octanol–water partition coefficient (Wildman–Crippen LogP) is 7.31. The summed E-state index contributed by atoms with van der Waals surface area (Å²) in [6.45, 7) is 36.3. The summed E-state index contributed by atoms with van der Waals surface area (Å²) in [5.41, 5.74) is 0.756. The molecule has 0 spiro atoms. The fourth-order valence-electron chi connectivity index (χ4n) is 4.89. The van der Waals surface area contributed by atoms with Crippen LogP contribution in [0.4, 0.5) is 0 Å². The van der Waals surface area contributed by atoms with Gasteiger partial charge >= 0.3 is 46.2 Å². The van der Waals surface area contributed by atoms with Crippen LogP contribution in [0, 0.1) is 0 Å². The third kappa shape index (κ3) is 19.4. The van der Waals surface area contributed by atoms with Crippen molar-refractivity contribution in [2.24, 2.45) is 0 Å². The minimum absolute atomic E-state index is 0.296. The molecule has 0 aliphatic rings. The van der Waals surface area contributed by atoms with Crippen LogP contribution in [0.2, 0.25) is 90.7 Å². The molecule has 0 aromatic heterocycles. The lowest BCUT2D eigenvalue weighted by molar-refractivity contribution is -0.139. The quantitative estimate of drug-likeness (QED) is 0.0567. The lowest BCUT2D eigenvalue weighted by Crippen LogP contribution is -2.60. The zero-order chi connectivity index (χ0) is 32.5. The maximum atomic E-state index is 11.8. The molecule has 0 unspecified atom stereocenters. The van der Waals surface area contributed by atoms with Crippen molar-refractivity contribution in [3.63, 3.8) is 0 Å². The van der Waals surface area contributed by atoms with Crippen molar-refractivity contribution < 1.29 is 39.6 Å². The van der Waals surface area contributed by atoms with Crippen molar-refractivity contribution in [2.75, 3.05) is 13.2 Å². The molecule has 0 aromatic rings. The number of rotatable bonds is 20. The Kier molecular flexibility index (Phi) is 15.8. The van der Waals surface area contributed by atoms with Crippen molar-refractivity contribution in [1.82, 2.24) is 0 Å². The van der Waals surface area contributed by atoms with E-state index < -0.39 is 50.9 Å². The highest BCUT2D eigenvalue weighted by Crippen LogP contribution is 2.30. The first kappa shape index (κ1) is 40.5. The van der Waals surface area contributed by atoms with Crippen LogP contribution in [0.3, 0.4) is 0 Å². The van der Waals surface area contributed by atoms with Gasteiger partial charge in [0.15, 0.2) is 16.6 Å². The molecule has 0 bridgehead atoms. The summed E-state index contributed by atoms with van der Waals surface area (Å²) in [4.78, 5) is 23.6. The van der Waals surface area contributed by atoms with Gasteiger partial charge in [-0.1, -0.05) is 13.2 Å². The van der Waals surface area contributed by atoms with E-state index in [0.29, 0.717) is 37.2 Å². The van der Waals surface area contributed by atoms with Crippen molar-refractivity contribution in [2.45, 2.75) is 117 Å². The van der Waals surface area contributed by atoms with Gasteiger partial charge in [0.1, 0.15) is 0 Å².